The zero-order valence-corrected chi connectivity index (χ0v) is 34.2. The number of hydrogen-bond acceptors (Lipinski definition) is 8. The number of urea groups is 1. The van der Waals surface area contributed by atoms with Gasteiger partial charge in [0.2, 0.25) is 0 Å². The number of fused-ring (bicyclic) bond motifs is 1. The molecule has 1 fully saturated rings. The van der Waals surface area contributed by atoms with Crippen LogP contribution in [0.5, 0.6) is 23.0 Å². The Hall–Kier alpha value is -6.17. The van der Waals surface area contributed by atoms with Crippen LogP contribution in [0.3, 0.4) is 0 Å². The van der Waals surface area contributed by atoms with Crippen molar-refractivity contribution in [3.8, 4) is 34.1 Å². The van der Waals surface area contributed by atoms with Crippen LogP contribution >= 0.6 is 0 Å². The number of hydrogen-bond donors (Lipinski definition) is 3. The smallest absolute Gasteiger partial charge is 0.319 e. The minimum atomic E-state index is -0.594. The Balaban J connectivity index is 0.948. The number of nitrogens with zero attached hydrogens (tertiary/aromatic N) is 1. The Morgan fingerprint density at radius 1 is 0.767 bits per heavy atom. The lowest BCUT2D eigenvalue weighted by Gasteiger charge is -2.43. The van der Waals surface area contributed by atoms with E-state index in [4.69, 9.17) is 23.7 Å². The number of carbonyl (C=O) groups is 1. The van der Waals surface area contributed by atoms with E-state index in [2.05, 4.69) is 77.1 Å². The summed E-state index contributed by atoms with van der Waals surface area (Å²) in [6, 6.07) is 45.1. The number of carbonyl (C=O) groups excluding carboxylic acids is 1. The van der Waals surface area contributed by atoms with Crippen LogP contribution in [0.2, 0.25) is 0 Å². The predicted molar refractivity (Wildman–Crippen MR) is 232 cm³/mol. The lowest BCUT2D eigenvalue weighted by molar-refractivity contribution is -0.276. The minimum absolute atomic E-state index is 0.0119. The van der Waals surface area contributed by atoms with Gasteiger partial charge < -0.3 is 39.4 Å². The topological polar surface area (TPSA) is 111 Å². The molecule has 8 rings (SSSR count). The fourth-order valence-corrected chi connectivity index (χ4v) is 8.04. The van der Waals surface area contributed by atoms with Crippen molar-refractivity contribution >= 4 is 11.7 Å². The Morgan fingerprint density at radius 2 is 1.43 bits per heavy atom. The number of aliphatic hydroxyl groups excluding tert-OH is 1. The van der Waals surface area contributed by atoms with E-state index < -0.39 is 6.29 Å². The second-order valence-corrected chi connectivity index (χ2v) is 15.3. The van der Waals surface area contributed by atoms with Crippen molar-refractivity contribution in [2.45, 2.75) is 51.5 Å². The maximum absolute atomic E-state index is 13.0. The van der Waals surface area contributed by atoms with E-state index >= 15 is 0 Å². The molecule has 2 amide bonds. The van der Waals surface area contributed by atoms with Crippen molar-refractivity contribution in [1.82, 2.24) is 10.2 Å². The molecule has 0 aromatic heterocycles. The van der Waals surface area contributed by atoms with Gasteiger partial charge >= 0.3 is 6.03 Å². The highest BCUT2D eigenvalue weighted by atomic mass is 16.7. The van der Waals surface area contributed by atoms with Crippen LogP contribution in [-0.4, -0.2) is 49.5 Å². The molecule has 1 saturated heterocycles. The fourth-order valence-electron chi connectivity index (χ4n) is 8.04. The molecular formula is C50H51N3O7. The summed E-state index contributed by atoms with van der Waals surface area (Å²) in [4.78, 5) is 15.4. The number of methoxy groups -OCH3 is 2. The maximum atomic E-state index is 13.0. The highest BCUT2D eigenvalue weighted by molar-refractivity contribution is 5.89. The highest BCUT2D eigenvalue weighted by Crippen LogP contribution is 2.43. The third kappa shape index (κ3) is 9.48. The van der Waals surface area contributed by atoms with E-state index in [9.17, 15) is 9.90 Å². The molecular weight excluding hydrogens is 755 g/mol. The van der Waals surface area contributed by atoms with Crippen LogP contribution in [0.25, 0.3) is 11.1 Å². The summed E-state index contributed by atoms with van der Waals surface area (Å²) < 4.78 is 30.7. The molecule has 0 spiro atoms. The molecule has 308 valence electrons. The van der Waals surface area contributed by atoms with E-state index in [0.29, 0.717) is 18.0 Å². The van der Waals surface area contributed by atoms with Gasteiger partial charge in [-0.2, -0.15) is 0 Å². The van der Waals surface area contributed by atoms with Gasteiger partial charge in [0.25, 0.3) is 0 Å². The Bertz CT molecular complexity index is 2350. The monoisotopic (exact) mass is 805 g/mol. The summed E-state index contributed by atoms with van der Waals surface area (Å²) in [5, 5.41) is 15.6. The maximum Gasteiger partial charge on any atom is 0.319 e. The van der Waals surface area contributed by atoms with E-state index in [1.807, 2.05) is 84.9 Å². The molecule has 4 atom stereocenters. The standard InChI is InChI=1S/C50H51N3O7/c1-33-47(31-53-26-25-38-27-45(56-2)46(57-3)28-40(38)30-53)59-49(60-48(33)36-15-13-34(32-54)14-16-36)37-19-17-35(18-20-37)44-12-8-7-9-39(44)29-51-50(55)52-41-21-23-43(24-22-41)58-42-10-5-4-6-11-42/h4-24,27-28,33,47-49,54H,25-26,29-32H2,1-3H3,(H2,51,52,55)/t33-,47+,48+,49+/m1/s1. The van der Waals surface area contributed by atoms with Crippen molar-refractivity contribution in [3.05, 3.63) is 173 Å². The summed E-state index contributed by atoms with van der Waals surface area (Å²) in [5.41, 5.74) is 9.02. The van der Waals surface area contributed by atoms with E-state index in [-0.39, 0.29) is 30.8 Å². The van der Waals surface area contributed by atoms with Gasteiger partial charge in [0, 0.05) is 43.3 Å². The van der Waals surface area contributed by atoms with Crippen LogP contribution in [0.1, 0.15) is 52.7 Å². The van der Waals surface area contributed by atoms with Crippen molar-refractivity contribution in [2.75, 3.05) is 32.6 Å². The molecule has 60 heavy (non-hydrogen) atoms. The first-order valence-corrected chi connectivity index (χ1v) is 20.4. The van der Waals surface area contributed by atoms with Gasteiger partial charge in [0.05, 0.1) is 33.0 Å². The number of para-hydroxylation sites is 1. The fraction of sp³-hybridized carbons (Fsp3) is 0.260. The van der Waals surface area contributed by atoms with Gasteiger partial charge in [0.15, 0.2) is 17.8 Å². The van der Waals surface area contributed by atoms with Gasteiger partial charge in [-0.1, -0.05) is 97.9 Å². The second-order valence-electron chi connectivity index (χ2n) is 15.3. The number of anilines is 1. The lowest BCUT2D eigenvalue weighted by atomic mass is 9.89. The Kier molecular flexibility index (Phi) is 12.7. The number of ether oxygens (including phenoxy) is 5. The summed E-state index contributed by atoms with van der Waals surface area (Å²) in [7, 11) is 3.35. The van der Waals surface area contributed by atoms with Crippen LogP contribution in [0.4, 0.5) is 10.5 Å². The van der Waals surface area contributed by atoms with Crippen molar-refractivity contribution in [3.63, 3.8) is 0 Å². The number of nitrogens with one attached hydrogen (secondary N) is 2. The number of aliphatic hydroxyl groups is 1. The van der Waals surface area contributed by atoms with Crippen LogP contribution in [0.15, 0.2) is 140 Å². The number of amides is 2. The van der Waals surface area contributed by atoms with Gasteiger partial charge in [-0.3, -0.25) is 4.90 Å². The quantitative estimate of drug-likeness (QED) is 0.106. The lowest BCUT2D eigenvalue weighted by Crippen LogP contribution is -2.45. The van der Waals surface area contributed by atoms with Crippen molar-refractivity contribution < 1.29 is 33.6 Å². The Labute approximate surface area is 351 Å². The van der Waals surface area contributed by atoms with Crippen molar-refractivity contribution in [2.24, 2.45) is 5.92 Å². The van der Waals surface area contributed by atoms with Gasteiger partial charge in [0.1, 0.15) is 11.5 Å². The average Bonchev–Trinajstić information content (AvgIpc) is 3.29. The van der Waals surface area contributed by atoms with Gasteiger partial charge in [-0.15, -0.1) is 0 Å². The van der Waals surface area contributed by atoms with E-state index in [1.54, 1.807) is 14.2 Å². The number of benzene rings is 6. The molecule has 6 aromatic rings. The summed E-state index contributed by atoms with van der Waals surface area (Å²) in [5.74, 6) is 2.98. The third-order valence-corrected chi connectivity index (χ3v) is 11.4. The molecule has 6 aromatic carbocycles. The molecule has 0 saturated carbocycles. The summed E-state index contributed by atoms with van der Waals surface area (Å²) in [6.45, 7) is 4.95. The molecule has 0 radical (unpaired) electrons. The van der Waals surface area contributed by atoms with Crippen LogP contribution in [-0.2, 0) is 35.6 Å². The molecule has 0 bridgehead atoms. The molecule has 0 aliphatic carbocycles. The first-order valence-electron chi connectivity index (χ1n) is 20.4. The highest BCUT2D eigenvalue weighted by Gasteiger charge is 2.39. The SMILES string of the molecule is COc1cc2c(cc1OC)CN(C[C@@H]1O[C@H](c3ccc(-c4ccccc4CNC(=O)Nc4ccc(Oc5ccccc5)cc4)cc3)O[C@H](c3ccc(CO)cc3)[C@@H]1C)CC2. The van der Waals surface area contributed by atoms with E-state index in [0.717, 1.165) is 76.7 Å². The Morgan fingerprint density at radius 3 is 2.15 bits per heavy atom. The zero-order chi connectivity index (χ0) is 41.4. The predicted octanol–water partition coefficient (Wildman–Crippen LogP) is 9.83. The van der Waals surface area contributed by atoms with E-state index in [1.165, 1.54) is 11.1 Å². The molecule has 2 heterocycles. The first-order chi connectivity index (χ1) is 29.4. The van der Waals surface area contributed by atoms with Crippen LogP contribution in [0, 0.1) is 5.92 Å². The van der Waals surface area contributed by atoms with Gasteiger partial charge in [-0.25, -0.2) is 4.79 Å². The van der Waals surface area contributed by atoms with Crippen LogP contribution < -0.4 is 24.8 Å². The zero-order valence-electron chi connectivity index (χ0n) is 34.2. The minimum Gasteiger partial charge on any atom is -0.493 e. The van der Waals surface area contributed by atoms with Gasteiger partial charge in [-0.05, 0) is 93.9 Å². The molecule has 2 aliphatic rings. The largest absolute Gasteiger partial charge is 0.493 e. The normalized spacial score (nSPS) is 18.9. The molecule has 10 heteroatoms. The van der Waals surface area contributed by atoms with Crippen molar-refractivity contribution in [1.29, 1.82) is 0 Å². The first kappa shape index (κ1) is 40.6. The number of rotatable bonds is 13. The summed E-state index contributed by atoms with van der Waals surface area (Å²) in [6.07, 6.45) is -0.0264. The molecule has 3 N–H and O–H groups in total. The second kappa shape index (κ2) is 18.8. The molecule has 10 nitrogen and oxygen atoms in total. The third-order valence-electron chi connectivity index (χ3n) is 11.4. The molecule has 0 unspecified atom stereocenters. The average molecular weight is 806 g/mol. The molecule has 2 aliphatic heterocycles. The summed E-state index contributed by atoms with van der Waals surface area (Å²) >= 11 is 0.